The molecule has 4 aromatic rings. The second-order valence-electron chi connectivity index (χ2n) is 6.61. The number of ether oxygens (including phenoxy) is 1. The molecule has 2 aromatic heterocycles. The summed E-state index contributed by atoms with van der Waals surface area (Å²) in [6.07, 6.45) is 0. The monoisotopic (exact) mass is 438 g/mol. The summed E-state index contributed by atoms with van der Waals surface area (Å²) < 4.78 is 6.77. The van der Waals surface area contributed by atoms with Crippen molar-refractivity contribution < 1.29 is 9.53 Å². The molecule has 4 rings (SSSR count). The van der Waals surface area contributed by atoms with Crippen LogP contribution in [0.4, 0.5) is 5.13 Å². The lowest BCUT2D eigenvalue weighted by atomic mass is 10.2. The fourth-order valence-electron chi connectivity index (χ4n) is 3.05. The molecule has 0 aliphatic heterocycles. The molecule has 0 saturated heterocycles. The van der Waals surface area contributed by atoms with Crippen molar-refractivity contribution in [2.75, 3.05) is 19.1 Å². The van der Waals surface area contributed by atoms with Gasteiger partial charge in [-0.1, -0.05) is 29.8 Å². The second kappa shape index (κ2) is 8.30. The minimum atomic E-state index is -0.254. The van der Waals surface area contributed by atoms with Crippen molar-refractivity contribution in [3.63, 3.8) is 0 Å². The van der Waals surface area contributed by atoms with Crippen molar-refractivity contribution in [3.05, 3.63) is 76.4 Å². The third-order valence-corrected chi connectivity index (χ3v) is 5.95. The Kier molecular flexibility index (Phi) is 5.57. The normalized spacial score (nSPS) is 10.8. The van der Waals surface area contributed by atoms with Gasteiger partial charge in [0.1, 0.15) is 16.5 Å². The van der Waals surface area contributed by atoms with E-state index >= 15 is 0 Å². The lowest BCUT2D eigenvalue weighted by Crippen LogP contribution is -2.26. The minimum absolute atomic E-state index is 0.254. The van der Waals surface area contributed by atoms with Gasteiger partial charge in [0.15, 0.2) is 5.13 Å². The van der Waals surface area contributed by atoms with Crippen LogP contribution < -0.4 is 9.64 Å². The minimum Gasteiger partial charge on any atom is -0.497 e. The molecule has 0 unspecified atom stereocenters. The molecule has 0 aliphatic carbocycles. The van der Waals surface area contributed by atoms with Gasteiger partial charge < -0.3 is 4.74 Å². The van der Waals surface area contributed by atoms with Crippen LogP contribution in [-0.4, -0.2) is 34.8 Å². The molecule has 0 fully saturated rings. The Morgan fingerprint density at radius 3 is 2.50 bits per heavy atom. The number of carbonyl (C=O) groups excluding carboxylic acids is 1. The predicted octanol–water partition coefficient (Wildman–Crippen LogP) is 5.24. The molecular weight excluding hydrogens is 420 g/mol. The number of halogens is 1. The number of amides is 1. The summed E-state index contributed by atoms with van der Waals surface area (Å²) >= 11 is 7.94. The van der Waals surface area contributed by atoms with Crippen LogP contribution in [0.5, 0.6) is 5.75 Å². The summed E-state index contributed by atoms with van der Waals surface area (Å²) in [7, 11) is 3.32. The zero-order valence-corrected chi connectivity index (χ0v) is 18.2. The summed E-state index contributed by atoms with van der Waals surface area (Å²) in [4.78, 5) is 19.3. The van der Waals surface area contributed by atoms with Crippen LogP contribution in [0.25, 0.3) is 16.9 Å². The highest BCUT2D eigenvalue weighted by molar-refractivity contribution is 7.14. The molecule has 8 heteroatoms. The summed E-state index contributed by atoms with van der Waals surface area (Å²) in [5.41, 5.74) is 3.46. The highest BCUT2D eigenvalue weighted by Gasteiger charge is 2.26. The number of hydrogen-bond acceptors (Lipinski definition) is 5. The van der Waals surface area contributed by atoms with E-state index in [-0.39, 0.29) is 11.1 Å². The van der Waals surface area contributed by atoms with Crippen molar-refractivity contribution >= 4 is 34.0 Å². The Hall–Kier alpha value is -3.16. The molecule has 0 atom stereocenters. The summed E-state index contributed by atoms with van der Waals surface area (Å²) in [5, 5.41) is 7.23. The number of methoxy groups -OCH3 is 1. The Labute approximate surface area is 183 Å². The van der Waals surface area contributed by atoms with Gasteiger partial charge in [0.25, 0.3) is 5.91 Å². The van der Waals surface area contributed by atoms with Gasteiger partial charge in [-0.05, 0) is 43.3 Å². The first kappa shape index (κ1) is 20.1. The van der Waals surface area contributed by atoms with E-state index in [0.29, 0.717) is 16.4 Å². The highest BCUT2D eigenvalue weighted by Crippen LogP contribution is 2.31. The predicted molar refractivity (Wildman–Crippen MR) is 120 cm³/mol. The number of hydrogen-bond donors (Lipinski definition) is 0. The Morgan fingerprint density at radius 1 is 1.13 bits per heavy atom. The number of nitrogens with zero attached hydrogens (tertiary/aromatic N) is 4. The number of para-hydroxylation sites is 1. The lowest BCUT2D eigenvalue weighted by molar-refractivity contribution is 0.0992. The van der Waals surface area contributed by atoms with E-state index in [1.165, 1.54) is 16.2 Å². The van der Waals surface area contributed by atoms with Gasteiger partial charge in [-0.2, -0.15) is 5.10 Å². The maximum atomic E-state index is 13.2. The highest BCUT2D eigenvalue weighted by atomic mass is 35.5. The second-order valence-corrected chi connectivity index (χ2v) is 7.80. The van der Waals surface area contributed by atoms with Crippen molar-refractivity contribution in [3.8, 4) is 22.7 Å². The Balaban J connectivity index is 1.62. The van der Waals surface area contributed by atoms with Gasteiger partial charge in [0.05, 0.1) is 24.2 Å². The van der Waals surface area contributed by atoms with Gasteiger partial charge in [-0.15, -0.1) is 11.3 Å². The summed E-state index contributed by atoms with van der Waals surface area (Å²) in [6.45, 7) is 1.77. The zero-order chi connectivity index (χ0) is 21.3. The third kappa shape index (κ3) is 3.69. The average Bonchev–Trinajstić information content (AvgIpc) is 3.38. The number of aryl methyl sites for hydroxylation is 1. The van der Waals surface area contributed by atoms with E-state index in [2.05, 4.69) is 10.1 Å². The fraction of sp³-hybridized carbons (Fsp3) is 0.136. The van der Waals surface area contributed by atoms with E-state index < -0.39 is 0 Å². The van der Waals surface area contributed by atoms with Gasteiger partial charge in [0.2, 0.25) is 0 Å². The van der Waals surface area contributed by atoms with Crippen molar-refractivity contribution in [1.29, 1.82) is 0 Å². The molecule has 0 radical (unpaired) electrons. The molecule has 2 heterocycles. The molecule has 1 amide bonds. The van der Waals surface area contributed by atoms with Gasteiger partial charge in [0, 0.05) is 18.0 Å². The number of rotatable bonds is 5. The number of benzene rings is 2. The van der Waals surface area contributed by atoms with Crippen LogP contribution in [0.15, 0.2) is 60.0 Å². The van der Waals surface area contributed by atoms with Crippen LogP contribution in [0, 0.1) is 6.92 Å². The number of aromatic nitrogens is 3. The van der Waals surface area contributed by atoms with E-state index in [1.54, 1.807) is 25.8 Å². The van der Waals surface area contributed by atoms with Gasteiger partial charge in [-0.25, -0.2) is 9.67 Å². The first-order valence-corrected chi connectivity index (χ1v) is 10.4. The van der Waals surface area contributed by atoms with Gasteiger partial charge in [-0.3, -0.25) is 9.69 Å². The van der Waals surface area contributed by atoms with E-state index in [4.69, 9.17) is 16.3 Å². The van der Waals surface area contributed by atoms with E-state index in [9.17, 15) is 4.79 Å². The Bertz CT molecular complexity index is 1190. The third-order valence-electron chi connectivity index (χ3n) is 4.69. The molecule has 0 bridgehead atoms. The largest absolute Gasteiger partial charge is 0.497 e. The van der Waals surface area contributed by atoms with E-state index in [1.807, 2.05) is 60.0 Å². The van der Waals surface area contributed by atoms with Crippen molar-refractivity contribution in [1.82, 2.24) is 14.8 Å². The first-order chi connectivity index (χ1) is 14.5. The van der Waals surface area contributed by atoms with Crippen LogP contribution in [0.1, 0.15) is 16.1 Å². The molecule has 6 nitrogen and oxygen atoms in total. The smallest absolute Gasteiger partial charge is 0.264 e. The molecule has 2 aromatic carbocycles. The fourth-order valence-corrected chi connectivity index (χ4v) is 4.20. The van der Waals surface area contributed by atoms with Crippen molar-refractivity contribution in [2.45, 2.75) is 6.92 Å². The van der Waals surface area contributed by atoms with Crippen LogP contribution in [-0.2, 0) is 0 Å². The van der Waals surface area contributed by atoms with Crippen LogP contribution in [0.2, 0.25) is 5.15 Å². The Morgan fingerprint density at radius 2 is 1.83 bits per heavy atom. The molecular formula is C22H19ClN4O2S. The number of carbonyl (C=O) groups is 1. The molecule has 0 spiro atoms. The van der Waals surface area contributed by atoms with E-state index in [0.717, 1.165) is 22.7 Å². The maximum Gasteiger partial charge on any atom is 0.264 e. The van der Waals surface area contributed by atoms with Gasteiger partial charge >= 0.3 is 0 Å². The van der Waals surface area contributed by atoms with Crippen molar-refractivity contribution in [2.24, 2.45) is 0 Å². The first-order valence-electron chi connectivity index (χ1n) is 9.18. The number of anilines is 1. The molecule has 0 saturated carbocycles. The SMILES string of the molecule is COc1ccc(-c2csc(N(C)C(=O)c3c(C)nn(-c4ccccc4)c3Cl)n2)cc1. The molecule has 0 aliphatic rings. The summed E-state index contributed by atoms with van der Waals surface area (Å²) in [5.74, 6) is 0.525. The zero-order valence-electron chi connectivity index (χ0n) is 16.7. The van der Waals surface area contributed by atoms with Crippen LogP contribution in [0.3, 0.4) is 0 Å². The molecule has 152 valence electrons. The standard InChI is InChI=1S/C22H19ClN4O2S/c1-14-19(20(23)27(25-14)16-7-5-4-6-8-16)21(28)26(2)22-24-18(13-30-22)15-9-11-17(29-3)12-10-15/h4-13H,1-3H3. The lowest BCUT2D eigenvalue weighted by Gasteiger charge is -2.13. The van der Waals surface area contributed by atoms with Crippen LogP contribution >= 0.6 is 22.9 Å². The number of thiazole rings is 1. The molecule has 30 heavy (non-hydrogen) atoms. The maximum absolute atomic E-state index is 13.2. The molecule has 0 N–H and O–H groups in total. The topological polar surface area (TPSA) is 60.2 Å². The quantitative estimate of drug-likeness (QED) is 0.427. The summed E-state index contributed by atoms with van der Waals surface area (Å²) in [6, 6.07) is 17.1. The average molecular weight is 439 g/mol.